The SMILES string of the molecule is Cc1cc(C#N)c(Cl)c(CN)c1. The van der Waals surface area contributed by atoms with Crippen molar-refractivity contribution in [2.45, 2.75) is 13.5 Å². The first-order valence-electron chi connectivity index (χ1n) is 3.58. The summed E-state index contributed by atoms with van der Waals surface area (Å²) in [6.07, 6.45) is 0. The van der Waals surface area contributed by atoms with E-state index in [1.165, 1.54) is 0 Å². The molecule has 0 heterocycles. The quantitative estimate of drug-likeness (QED) is 0.719. The molecule has 3 heteroatoms. The minimum atomic E-state index is 0.370. The van der Waals surface area contributed by atoms with Crippen molar-refractivity contribution >= 4 is 11.6 Å². The lowest BCUT2D eigenvalue weighted by Gasteiger charge is -2.03. The van der Waals surface area contributed by atoms with Crippen LogP contribution in [-0.2, 0) is 6.54 Å². The Morgan fingerprint density at radius 3 is 2.75 bits per heavy atom. The van der Waals surface area contributed by atoms with E-state index in [4.69, 9.17) is 22.6 Å². The molecular formula is C9H9ClN2. The number of benzene rings is 1. The number of hydrogen-bond donors (Lipinski definition) is 1. The van der Waals surface area contributed by atoms with Crippen LogP contribution in [0.4, 0.5) is 0 Å². The first kappa shape index (κ1) is 9.05. The van der Waals surface area contributed by atoms with Gasteiger partial charge in [0, 0.05) is 6.54 Å². The number of hydrogen-bond acceptors (Lipinski definition) is 2. The van der Waals surface area contributed by atoms with Crippen LogP contribution in [0.25, 0.3) is 0 Å². The Kier molecular flexibility index (Phi) is 2.69. The van der Waals surface area contributed by atoms with E-state index in [0.717, 1.165) is 11.1 Å². The molecule has 0 unspecified atom stereocenters. The van der Waals surface area contributed by atoms with Crippen molar-refractivity contribution in [3.63, 3.8) is 0 Å². The molecular weight excluding hydrogens is 172 g/mol. The maximum Gasteiger partial charge on any atom is 0.101 e. The van der Waals surface area contributed by atoms with Gasteiger partial charge in [0.2, 0.25) is 0 Å². The van der Waals surface area contributed by atoms with Crippen LogP contribution >= 0.6 is 11.6 Å². The van der Waals surface area contributed by atoms with Crippen LogP contribution in [0.5, 0.6) is 0 Å². The molecule has 0 fully saturated rings. The zero-order valence-corrected chi connectivity index (χ0v) is 7.52. The van der Waals surface area contributed by atoms with Gasteiger partial charge in [0.15, 0.2) is 0 Å². The summed E-state index contributed by atoms with van der Waals surface area (Å²) in [6.45, 7) is 2.28. The second kappa shape index (κ2) is 3.57. The summed E-state index contributed by atoms with van der Waals surface area (Å²) in [5.41, 5.74) is 7.78. The van der Waals surface area contributed by atoms with E-state index in [-0.39, 0.29) is 0 Å². The molecule has 1 aromatic carbocycles. The summed E-state index contributed by atoms with van der Waals surface area (Å²) >= 11 is 5.88. The molecule has 2 N–H and O–H groups in total. The number of halogens is 1. The van der Waals surface area contributed by atoms with Crippen molar-refractivity contribution in [1.29, 1.82) is 5.26 Å². The van der Waals surface area contributed by atoms with E-state index in [1.807, 2.05) is 19.1 Å². The molecule has 62 valence electrons. The third-order valence-corrected chi connectivity index (χ3v) is 2.08. The Labute approximate surface area is 76.6 Å². The highest BCUT2D eigenvalue weighted by Crippen LogP contribution is 2.21. The van der Waals surface area contributed by atoms with E-state index >= 15 is 0 Å². The van der Waals surface area contributed by atoms with Crippen LogP contribution in [0.2, 0.25) is 5.02 Å². The first-order chi connectivity index (χ1) is 5.69. The van der Waals surface area contributed by atoms with Crippen LogP contribution in [-0.4, -0.2) is 0 Å². The highest BCUT2D eigenvalue weighted by atomic mass is 35.5. The van der Waals surface area contributed by atoms with Gasteiger partial charge in [-0.1, -0.05) is 17.7 Å². The minimum Gasteiger partial charge on any atom is -0.326 e. The fraction of sp³-hybridized carbons (Fsp3) is 0.222. The third kappa shape index (κ3) is 1.58. The highest BCUT2D eigenvalue weighted by molar-refractivity contribution is 6.32. The van der Waals surface area contributed by atoms with Gasteiger partial charge >= 0.3 is 0 Å². The summed E-state index contributed by atoms with van der Waals surface area (Å²) in [6, 6.07) is 5.67. The molecule has 12 heavy (non-hydrogen) atoms. The van der Waals surface area contributed by atoms with Crippen LogP contribution in [0.3, 0.4) is 0 Å². The lowest BCUT2D eigenvalue weighted by atomic mass is 10.1. The van der Waals surface area contributed by atoms with Crippen LogP contribution in [0.15, 0.2) is 12.1 Å². The number of aryl methyl sites for hydroxylation is 1. The molecule has 0 aliphatic heterocycles. The lowest BCUT2D eigenvalue weighted by Crippen LogP contribution is -1.99. The van der Waals surface area contributed by atoms with Gasteiger partial charge in [-0.15, -0.1) is 0 Å². The van der Waals surface area contributed by atoms with Crippen LogP contribution in [0.1, 0.15) is 16.7 Å². The molecule has 0 aliphatic carbocycles. The van der Waals surface area contributed by atoms with Gasteiger partial charge in [-0.3, -0.25) is 0 Å². The van der Waals surface area contributed by atoms with Crippen molar-refractivity contribution in [3.05, 3.63) is 33.8 Å². The van der Waals surface area contributed by atoms with Crippen LogP contribution in [0, 0.1) is 18.3 Å². The number of nitriles is 1. The maximum atomic E-state index is 8.69. The highest BCUT2D eigenvalue weighted by Gasteiger charge is 2.05. The smallest absolute Gasteiger partial charge is 0.101 e. The Morgan fingerprint density at radius 2 is 2.25 bits per heavy atom. The summed E-state index contributed by atoms with van der Waals surface area (Å²) in [5, 5.41) is 9.16. The summed E-state index contributed by atoms with van der Waals surface area (Å²) in [5.74, 6) is 0. The summed E-state index contributed by atoms with van der Waals surface area (Å²) < 4.78 is 0. The molecule has 0 spiro atoms. The third-order valence-electron chi connectivity index (χ3n) is 1.63. The van der Waals surface area contributed by atoms with Crippen LogP contribution < -0.4 is 5.73 Å². The van der Waals surface area contributed by atoms with Gasteiger partial charge in [-0.05, 0) is 24.1 Å². The monoisotopic (exact) mass is 180 g/mol. The second-order valence-electron chi connectivity index (χ2n) is 2.60. The molecule has 2 nitrogen and oxygen atoms in total. The average Bonchev–Trinajstić information content (AvgIpc) is 2.08. The molecule has 0 atom stereocenters. The normalized spacial score (nSPS) is 9.50. The molecule has 0 aromatic heterocycles. The zero-order valence-electron chi connectivity index (χ0n) is 6.76. The van der Waals surface area contributed by atoms with Gasteiger partial charge in [-0.25, -0.2) is 0 Å². The molecule has 1 rings (SSSR count). The van der Waals surface area contributed by atoms with Gasteiger partial charge in [-0.2, -0.15) is 5.26 Å². The number of rotatable bonds is 1. The number of nitrogens with two attached hydrogens (primary N) is 1. The summed E-state index contributed by atoms with van der Waals surface area (Å²) in [7, 11) is 0. The number of nitrogens with zero attached hydrogens (tertiary/aromatic N) is 1. The molecule has 0 saturated heterocycles. The standard InChI is InChI=1S/C9H9ClN2/c1-6-2-7(4-11)9(10)8(3-6)5-12/h2-3H,4,11H2,1H3. The van der Waals surface area contributed by atoms with Crippen molar-refractivity contribution in [1.82, 2.24) is 0 Å². The Balaban J connectivity index is 3.34. The maximum absolute atomic E-state index is 8.69. The fourth-order valence-electron chi connectivity index (χ4n) is 1.07. The van der Waals surface area contributed by atoms with Gasteiger partial charge in [0.25, 0.3) is 0 Å². The van der Waals surface area contributed by atoms with E-state index in [1.54, 1.807) is 6.07 Å². The van der Waals surface area contributed by atoms with Gasteiger partial charge in [0.1, 0.15) is 6.07 Å². The Bertz CT molecular complexity index is 339. The van der Waals surface area contributed by atoms with Gasteiger partial charge in [0.05, 0.1) is 10.6 Å². The van der Waals surface area contributed by atoms with Crippen molar-refractivity contribution in [2.75, 3.05) is 0 Å². The van der Waals surface area contributed by atoms with E-state index in [2.05, 4.69) is 0 Å². The Hall–Kier alpha value is -1.04. The van der Waals surface area contributed by atoms with Crippen molar-refractivity contribution in [3.8, 4) is 6.07 Å². The Morgan fingerprint density at radius 1 is 1.58 bits per heavy atom. The molecule has 0 bridgehead atoms. The van der Waals surface area contributed by atoms with E-state index < -0.39 is 0 Å². The van der Waals surface area contributed by atoms with E-state index in [0.29, 0.717) is 17.1 Å². The minimum absolute atomic E-state index is 0.370. The molecule has 0 radical (unpaired) electrons. The summed E-state index contributed by atoms with van der Waals surface area (Å²) in [4.78, 5) is 0. The van der Waals surface area contributed by atoms with Gasteiger partial charge < -0.3 is 5.73 Å². The predicted molar refractivity (Wildman–Crippen MR) is 48.8 cm³/mol. The molecule has 0 aliphatic rings. The van der Waals surface area contributed by atoms with E-state index in [9.17, 15) is 0 Å². The molecule has 0 amide bonds. The topological polar surface area (TPSA) is 49.8 Å². The predicted octanol–water partition coefficient (Wildman–Crippen LogP) is 1.98. The molecule has 1 aromatic rings. The fourth-order valence-corrected chi connectivity index (χ4v) is 1.30. The lowest BCUT2D eigenvalue weighted by molar-refractivity contribution is 1.06. The first-order valence-corrected chi connectivity index (χ1v) is 3.96. The zero-order chi connectivity index (χ0) is 9.14. The van der Waals surface area contributed by atoms with Crippen molar-refractivity contribution in [2.24, 2.45) is 5.73 Å². The largest absolute Gasteiger partial charge is 0.326 e. The molecule has 0 saturated carbocycles. The second-order valence-corrected chi connectivity index (χ2v) is 2.98. The van der Waals surface area contributed by atoms with Crippen molar-refractivity contribution < 1.29 is 0 Å². The average molecular weight is 181 g/mol.